The summed E-state index contributed by atoms with van der Waals surface area (Å²) in [5.74, 6) is 6.94. The van der Waals surface area contributed by atoms with E-state index in [4.69, 9.17) is 9.47 Å². The van der Waals surface area contributed by atoms with E-state index in [0.29, 0.717) is 24.4 Å². The number of epoxide rings is 1. The third-order valence-electron chi connectivity index (χ3n) is 7.44. The first-order chi connectivity index (χ1) is 8.33. The Hall–Kier alpha value is -0.0800. The molecule has 2 heteroatoms. The van der Waals surface area contributed by atoms with Crippen LogP contribution in [0.3, 0.4) is 0 Å². The molecule has 2 aliphatic heterocycles. The summed E-state index contributed by atoms with van der Waals surface area (Å²) in [6.07, 6.45) is 6.89. The molecule has 0 amide bonds. The Morgan fingerprint density at radius 2 is 1.53 bits per heavy atom. The minimum atomic E-state index is 0.561. The lowest BCUT2D eigenvalue weighted by Crippen LogP contribution is -2.43. The van der Waals surface area contributed by atoms with Gasteiger partial charge in [-0.2, -0.15) is 0 Å². The minimum absolute atomic E-state index is 0.561. The Bertz CT molecular complexity index is 408. The summed E-state index contributed by atoms with van der Waals surface area (Å²) in [7, 11) is 0. The van der Waals surface area contributed by atoms with Crippen LogP contribution in [0.5, 0.6) is 0 Å². The van der Waals surface area contributed by atoms with Crippen LogP contribution >= 0.6 is 0 Å². The van der Waals surface area contributed by atoms with Gasteiger partial charge in [-0.15, -0.1) is 0 Å². The van der Waals surface area contributed by atoms with Crippen molar-refractivity contribution < 1.29 is 9.47 Å². The molecule has 17 heavy (non-hydrogen) atoms. The summed E-state index contributed by atoms with van der Waals surface area (Å²) >= 11 is 0. The van der Waals surface area contributed by atoms with Gasteiger partial charge in [0.2, 0.25) is 0 Å². The zero-order valence-electron chi connectivity index (χ0n) is 10.3. The fourth-order valence-corrected chi connectivity index (χ4v) is 7.18. The van der Waals surface area contributed by atoms with E-state index in [0.717, 1.165) is 41.4 Å². The lowest BCUT2D eigenvalue weighted by atomic mass is 9.66. The largest absolute Gasteiger partial charge is 0.375 e. The minimum Gasteiger partial charge on any atom is -0.375 e. The quantitative estimate of drug-likeness (QED) is 0.471. The van der Waals surface area contributed by atoms with Gasteiger partial charge in [0.05, 0.1) is 24.4 Å². The van der Waals surface area contributed by atoms with E-state index in [1.165, 1.54) is 19.3 Å². The van der Waals surface area contributed by atoms with E-state index in [2.05, 4.69) is 6.92 Å². The summed E-state index contributed by atoms with van der Waals surface area (Å²) in [4.78, 5) is 0. The molecule has 11 atom stereocenters. The topological polar surface area (TPSA) is 21.8 Å². The molecule has 0 aromatic carbocycles. The summed E-state index contributed by atoms with van der Waals surface area (Å²) in [6.45, 7) is 2.32. The van der Waals surface area contributed by atoms with Crippen molar-refractivity contribution >= 4 is 0 Å². The first-order valence-corrected chi connectivity index (χ1v) is 7.64. The predicted molar refractivity (Wildman–Crippen MR) is 61.3 cm³/mol. The maximum atomic E-state index is 6.18. The van der Waals surface area contributed by atoms with Crippen LogP contribution in [0.4, 0.5) is 0 Å². The van der Waals surface area contributed by atoms with E-state index >= 15 is 0 Å². The van der Waals surface area contributed by atoms with Crippen molar-refractivity contribution in [3.63, 3.8) is 0 Å². The molecule has 0 aromatic heterocycles. The molecule has 0 aromatic rings. The molecule has 6 fully saturated rings. The standard InChI is InChI=1S/C15H20O2/c1-5-6-3-10(16-5)14-9-2-7(12(6)14)8-4-11-15(17-11)13(8)9/h5-15H,2-4H2,1H3. The maximum Gasteiger partial charge on any atom is 0.0875 e. The molecule has 92 valence electrons. The van der Waals surface area contributed by atoms with Crippen LogP contribution < -0.4 is 0 Å². The molecule has 2 heterocycles. The normalized spacial score (nSPS) is 77.1. The molecule has 0 N–H and O–H groups in total. The van der Waals surface area contributed by atoms with E-state index < -0.39 is 0 Å². The first-order valence-electron chi connectivity index (χ1n) is 7.64. The Morgan fingerprint density at radius 1 is 0.706 bits per heavy atom. The summed E-state index contributed by atoms with van der Waals surface area (Å²) < 4.78 is 12.0. The highest BCUT2D eigenvalue weighted by atomic mass is 16.6. The van der Waals surface area contributed by atoms with Crippen LogP contribution in [-0.4, -0.2) is 24.4 Å². The van der Waals surface area contributed by atoms with Gasteiger partial charge in [-0.3, -0.25) is 0 Å². The lowest BCUT2D eigenvalue weighted by Gasteiger charge is -2.43. The van der Waals surface area contributed by atoms with Gasteiger partial charge < -0.3 is 9.47 Å². The van der Waals surface area contributed by atoms with Crippen molar-refractivity contribution in [2.75, 3.05) is 0 Å². The Morgan fingerprint density at radius 3 is 2.47 bits per heavy atom. The fourth-order valence-electron chi connectivity index (χ4n) is 7.18. The zero-order chi connectivity index (χ0) is 10.9. The molecular weight excluding hydrogens is 212 g/mol. The summed E-state index contributed by atoms with van der Waals surface area (Å²) in [6, 6.07) is 0. The van der Waals surface area contributed by atoms with E-state index in [9.17, 15) is 0 Å². The highest BCUT2D eigenvalue weighted by Gasteiger charge is 2.73. The number of ether oxygens (including phenoxy) is 2. The van der Waals surface area contributed by atoms with Gasteiger partial charge in [0.25, 0.3) is 0 Å². The number of hydrogen-bond acceptors (Lipinski definition) is 2. The average Bonchev–Trinajstić information content (AvgIpc) is 2.78. The van der Waals surface area contributed by atoms with E-state index in [-0.39, 0.29) is 0 Å². The molecule has 0 spiro atoms. The summed E-state index contributed by atoms with van der Waals surface area (Å²) in [5.41, 5.74) is 0. The van der Waals surface area contributed by atoms with Crippen LogP contribution in [0.2, 0.25) is 0 Å². The van der Waals surface area contributed by atoms with Crippen molar-refractivity contribution in [2.45, 2.75) is 50.6 Å². The zero-order valence-corrected chi connectivity index (χ0v) is 10.3. The first kappa shape index (κ1) is 8.92. The molecule has 6 aliphatic rings. The average molecular weight is 232 g/mol. The second kappa shape index (κ2) is 2.46. The molecule has 4 aliphatic carbocycles. The molecule has 2 nitrogen and oxygen atoms in total. The van der Waals surface area contributed by atoms with Gasteiger partial charge in [0.1, 0.15) is 0 Å². The molecule has 0 radical (unpaired) electrons. The Kier molecular flexibility index (Phi) is 1.29. The molecular formula is C15H20O2. The van der Waals surface area contributed by atoms with Crippen molar-refractivity contribution in [3.8, 4) is 0 Å². The van der Waals surface area contributed by atoms with Crippen molar-refractivity contribution in [1.82, 2.24) is 0 Å². The van der Waals surface area contributed by atoms with Gasteiger partial charge >= 0.3 is 0 Å². The van der Waals surface area contributed by atoms with Crippen molar-refractivity contribution in [3.05, 3.63) is 0 Å². The van der Waals surface area contributed by atoms with Gasteiger partial charge in [0.15, 0.2) is 0 Å². The third kappa shape index (κ3) is 0.805. The van der Waals surface area contributed by atoms with Crippen molar-refractivity contribution in [2.24, 2.45) is 41.4 Å². The maximum absolute atomic E-state index is 6.18. The Balaban J connectivity index is 1.45. The van der Waals surface area contributed by atoms with Crippen LogP contribution in [-0.2, 0) is 9.47 Å². The van der Waals surface area contributed by atoms with Crippen LogP contribution in [0.1, 0.15) is 26.2 Å². The highest BCUT2D eigenvalue weighted by molar-refractivity contribution is 5.21. The molecule has 6 rings (SSSR count). The second-order valence-corrected chi connectivity index (χ2v) is 7.61. The third-order valence-corrected chi connectivity index (χ3v) is 7.44. The molecule has 4 saturated carbocycles. The van der Waals surface area contributed by atoms with Gasteiger partial charge in [-0.05, 0) is 67.6 Å². The van der Waals surface area contributed by atoms with E-state index in [1.54, 1.807) is 0 Å². The molecule has 11 unspecified atom stereocenters. The van der Waals surface area contributed by atoms with E-state index in [1.807, 2.05) is 0 Å². The Labute approximate surface area is 102 Å². The monoisotopic (exact) mass is 232 g/mol. The van der Waals surface area contributed by atoms with Crippen LogP contribution in [0, 0.1) is 41.4 Å². The lowest BCUT2D eigenvalue weighted by molar-refractivity contribution is -0.0883. The number of rotatable bonds is 0. The molecule has 4 bridgehead atoms. The highest BCUT2D eigenvalue weighted by Crippen LogP contribution is 2.73. The summed E-state index contributed by atoms with van der Waals surface area (Å²) in [5, 5.41) is 0. The second-order valence-electron chi connectivity index (χ2n) is 7.61. The number of fused-ring (bicyclic) bond motifs is 14. The van der Waals surface area contributed by atoms with Gasteiger partial charge in [-0.25, -0.2) is 0 Å². The number of hydrogen-bond donors (Lipinski definition) is 0. The van der Waals surface area contributed by atoms with Gasteiger partial charge in [-0.1, -0.05) is 0 Å². The predicted octanol–water partition coefficient (Wildman–Crippen LogP) is 2.08. The van der Waals surface area contributed by atoms with Crippen LogP contribution in [0.15, 0.2) is 0 Å². The smallest absolute Gasteiger partial charge is 0.0875 e. The molecule has 2 saturated heterocycles. The fraction of sp³-hybridized carbons (Fsp3) is 1.00. The van der Waals surface area contributed by atoms with Gasteiger partial charge in [0, 0.05) is 0 Å². The van der Waals surface area contributed by atoms with Crippen molar-refractivity contribution in [1.29, 1.82) is 0 Å². The SMILES string of the molecule is CC1OC2CC1C1C3CC(C4C3CC3OC34)C21. The van der Waals surface area contributed by atoms with Crippen LogP contribution in [0.25, 0.3) is 0 Å².